The Hall–Kier alpha value is -3.35. The highest BCUT2D eigenvalue weighted by atomic mass is 16.5. The zero-order valence-corrected chi connectivity index (χ0v) is 16.7. The Labute approximate surface area is 170 Å². The molecule has 1 aliphatic heterocycles. The Morgan fingerprint density at radius 2 is 1.76 bits per heavy atom. The van der Waals surface area contributed by atoms with Gasteiger partial charge in [-0.05, 0) is 23.6 Å². The Kier molecular flexibility index (Phi) is 6.16. The Morgan fingerprint density at radius 1 is 1.10 bits per heavy atom. The summed E-state index contributed by atoms with van der Waals surface area (Å²) in [5, 5.41) is 5.62. The number of anilines is 2. The topological polar surface area (TPSA) is 87.7 Å². The molecule has 7 heteroatoms. The second kappa shape index (κ2) is 8.77. The van der Waals surface area contributed by atoms with E-state index in [4.69, 9.17) is 4.74 Å². The summed E-state index contributed by atoms with van der Waals surface area (Å²) in [7, 11) is 1.28. The number of methoxy groups -OCH3 is 1. The van der Waals surface area contributed by atoms with Crippen LogP contribution in [0.25, 0.3) is 0 Å². The predicted molar refractivity (Wildman–Crippen MR) is 111 cm³/mol. The van der Waals surface area contributed by atoms with Crippen molar-refractivity contribution < 1.29 is 19.1 Å². The van der Waals surface area contributed by atoms with E-state index in [1.165, 1.54) is 12.0 Å². The molecule has 152 valence electrons. The van der Waals surface area contributed by atoms with Crippen molar-refractivity contribution in [3.63, 3.8) is 0 Å². The molecular formula is C22H25N3O4. The first-order chi connectivity index (χ1) is 13.9. The van der Waals surface area contributed by atoms with E-state index in [0.29, 0.717) is 11.4 Å². The van der Waals surface area contributed by atoms with Gasteiger partial charge in [0.1, 0.15) is 12.1 Å². The minimum atomic E-state index is -0.875. The first-order valence-corrected chi connectivity index (χ1v) is 9.53. The number of hydrogen-bond donors (Lipinski definition) is 2. The van der Waals surface area contributed by atoms with E-state index >= 15 is 0 Å². The standard InChI is InChI=1S/C22H25N3O4/c1-14(2)19-20(26)23-16-11-7-8-12-18(16)25(19)22(28)24-17(21(27)29-3)13-15-9-5-4-6-10-15/h4-12,14,17,19H,13H2,1-3H3,(H,23,26)(H,24,28)/t17-,19+/m1/s1. The van der Waals surface area contributed by atoms with Crippen LogP contribution in [0.2, 0.25) is 0 Å². The summed E-state index contributed by atoms with van der Waals surface area (Å²) in [4.78, 5) is 39.7. The minimum absolute atomic E-state index is 0.125. The van der Waals surface area contributed by atoms with Gasteiger partial charge in [-0.15, -0.1) is 0 Å². The second-order valence-corrected chi connectivity index (χ2v) is 7.28. The molecular weight excluding hydrogens is 370 g/mol. The van der Waals surface area contributed by atoms with Crippen LogP contribution >= 0.6 is 0 Å². The maximum Gasteiger partial charge on any atom is 0.328 e. The maximum absolute atomic E-state index is 13.3. The largest absolute Gasteiger partial charge is 0.467 e. The molecule has 0 radical (unpaired) electrons. The maximum atomic E-state index is 13.3. The average molecular weight is 395 g/mol. The number of esters is 1. The van der Waals surface area contributed by atoms with Crippen LogP contribution in [0, 0.1) is 5.92 Å². The quantitative estimate of drug-likeness (QED) is 0.762. The average Bonchev–Trinajstić information content (AvgIpc) is 2.72. The van der Waals surface area contributed by atoms with E-state index in [0.717, 1.165) is 5.56 Å². The molecule has 2 N–H and O–H groups in total. The number of carbonyl (C=O) groups excluding carboxylic acids is 3. The fourth-order valence-corrected chi connectivity index (χ4v) is 3.50. The van der Waals surface area contributed by atoms with Crippen molar-refractivity contribution in [1.29, 1.82) is 0 Å². The Balaban J connectivity index is 1.91. The molecule has 0 spiro atoms. The summed E-state index contributed by atoms with van der Waals surface area (Å²) >= 11 is 0. The number of hydrogen-bond acceptors (Lipinski definition) is 4. The number of urea groups is 1. The van der Waals surface area contributed by atoms with Gasteiger partial charge in [0.15, 0.2) is 0 Å². The molecule has 2 atom stereocenters. The highest BCUT2D eigenvalue weighted by Crippen LogP contribution is 2.34. The molecule has 0 aliphatic carbocycles. The fraction of sp³-hybridized carbons (Fsp3) is 0.318. The van der Waals surface area contributed by atoms with Crippen molar-refractivity contribution in [2.75, 3.05) is 17.3 Å². The predicted octanol–water partition coefficient (Wildman–Crippen LogP) is 2.96. The monoisotopic (exact) mass is 395 g/mol. The Morgan fingerprint density at radius 3 is 2.41 bits per heavy atom. The van der Waals surface area contributed by atoms with Gasteiger partial charge in [-0.3, -0.25) is 9.69 Å². The molecule has 2 aromatic rings. The third-order valence-electron chi connectivity index (χ3n) is 4.88. The van der Waals surface area contributed by atoms with Crippen LogP contribution in [-0.2, 0) is 20.7 Å². The molecule has 0 unspecified atom stereocenters. The molecule has 3 amide bonds. The number of nitrogens with zero attached hydrogens (tertiary/aromatic N) is 1. The van der Waals surface area contributed by atoms with Crippen LogP contribution in [0.5, 0.6) is 0 Å². The molecule has 2 aromatic carbocycles. The van der Waals surface area contributed by atoms with E-state index in [1.54, 1.807) is 24.3 Å². The zero-order valence-electron chi connectivity index (χ0n) is 16.7. The lowest BCUT2D eigenvalue weighted by molar-refractivity contribution is -0.142. The van der Waals surface area contributed by atoms with Gasteiger partial charge in [-0.2, -0.15) is 0 Å². The number of fused-ring (bicyclic) bond motifs is 1. The van der Waals surface area contributed by atoms with Crippen molar-refractivity contribution in [2.45, 2.75) is 32.4 Å². The van der Waals surface area contributed by atoms with Crippen molar-refractivity contribution in [1.82, 2.24) is 5.32 Å². The second-order valence-electron chi connectivity index (χ2n) is 7.28. The summed E-state index contributed by atoms with van der Waals surface area (Å²) < 4.78 is 4.89. The minimum Gasteiger partial charge on any atom is -0.467 e. The first-order valence-electron chi connectivity index (χ1n) is 9.53. The summed E-state index contributed by atoms with van der Waals surface area (Å²) in [6.07, 6.45) is 0.285. The third-order valence-corrected chi connectivity index (χ3v) is 4.88. The van der Waals surface area contributed by atoms with Crippen molar-refractivity contribution >= 4 is 29.3 Å². The molecule has 1 heterocycles. The zero-order chi connectivity index (χ0) is 21.0. The number of nitrogens with one attached hydrogen (secondary N) is 2. The van der Waals surface area contributed by atoms with Crippen LogP contribution in [0.1, 0.15) is 19.4 Å². The van der Waals surface area contributed by atoms with E-state index in [1.807, 2.05) is 44.2 Å². The molecule has 3 rings (SSSR count). The van der Waals surface area contributed by atoms with Gasteiger partial charge in [-0.1, -0.05) is 56.3 Å². The van der Waals surface area contributed by atoms with Gasteiger partial charge in [0.05, 0.1) is 18.5 Å². The summed E-state index contributed by atoms with van der Waals surface area (Å²) in [6, 6.07) is 14.4. The number of ether oxygens (including phenoxy) is 1. The van der Waals surface area contributed by atoms with Crippen molar-refractivity contribution in [3.8, 4) is 0 Å². The molecule has 0 saturated heterocycles. The van der Waals surface area contributed by atoms with Gasteiger partial charge in [0.25, 0.3) is 0 Å². The lowest BCUT2D eigenvalue weighted by atomic mass is 9.98. The van der Waals surface area contributed by atoms with Crippen LogP contribution in [0.3, 0.4) is 0 Å². The number of carbonyl (C=O) groups is 3. The Bertz CT molecular complexity index is 898. The molecule has 0 aromatic heterocycles. The molecule has 0 fully saturated rings. The van der Waals surface area contributed by atoms with E-state index in [2.05, 4.69) is 10.6 Å². The van der Waals surface area contributed by atoms with Gasteiger partial charge >= 0.3 is 12.0 Å². The van der Waals surface area contributed by atoms with Gasteiger partial charge in [0, 0.05) is 6.42 Å². The third kappa shape index (κ3) is 4.39. The number of rotatable bonds is 5. The fourth-order valence-electron chi connectivity index (χ4n) is 3.50. The highest BCUT2D eigenvalue weighted by Gasteiger charge is 2.39. The van der Waals surface area contributed by atoms with E-state index in [-0.39, 0.29) is 18.2 Å². The molecule has 0 saturated carbocycles. The van der Waals surface area contributed by atoms with Crippen LogP contribution in [-0.4, -0.2) is 37.1 Å². The van der Waals surface area contributed by atoms with E-state index in [9.17, 15) is 14.4 Å². The van der Waals surface area contributed by atoms with Crippen molar-refractivity contribution in [3.05, 3.63) is 60.2 Å². The lowest BCUT2D eigenvalue weighted by Gasteiger charge is -2.38. The molecule has 1 aliphatic rings. The van der Waals surface area contributed by atoms with Gasteiger partial charge in [-0.25, -0.2) is 9.59 Å². The highest BCUT2D eigenvalue weighted by molar-refractivity contribution is 6.12. The van der Waals surface area contributed by atoms with Gasteiger partial charge in [0.2, 0.25) is 5.91 Å². The number of benzene rings is 2. The summed E-state index contributed by atoms with van der Waals surface area (Å²) in [6.45, 7) is 3.75. The summed E-state index contributed by atoms with van der Waals surface area (Å²) in [5.41, 5.74) is 2.04. The summed E-state index contributed by atoms with van der Waals surface area (Å²) in [5.74, 6) is -0.927. The normalized spacial score (nSPS) is 16.6. The van der Waals surface area contributed by atoms with Crippen molar-refractivity contribution in [2.24, 2.45) is 5.92 Å². The molecule has 7 nitrogen and oxygen atoms in total. The SMILES string of the molecule is COC(=O)[C@@H](Cc1ccccc1)NC(=O)N1c2ccccc2NC(=O)[C@@H]1C(C)C. The van der Waals surface area contributed by atoms with Crippen LogP contribution < -0.4 is 15.5 Å². The van der Waals surface area contributed by atoms with Crippen LogP contribution in [0.15, 0.2) is 54.6 Å². The lowest BCUT2D eigenvalue weighted by Crippen LogP contribution is -2.59. The van der Waals surface area contributed by atoms with E-state index < -0.39 is 24.1 Å². The number of para-hydroxylation sites is 2. The van der Waals surface area contributed by atoms with Gasteiger partial charge < -0.3 is 15.4 Å². The molecule has 29 heavy (non-hydrogen) atoms. The van der Waals surface area contributed by atoms with Crippen LogP contribution in [0.4, 0.5) is 16.2 Å². The first kappa shape index (κ1) is 20.4. The number of amides is 3. The molecule has 0 bridgehead atoms. The smallest absolute Gasteiger partial charge is 0.328 e.